The molecule has 0 aliphatic heterocycles. The van der Waals surface area contributed by atoms with Crippen LogP contribution in [0.3, 0.4) is 0 Å². The summed E-state index contributed by atoms with van der Waals surface area (Å²) < 4.78 is 23.7. The molecule has 0 rings (SSSR count). The molecule has 3 unspecified atom stereocenters. The summed E-state index contributed by atoms with van der Waals surface area (Å²) in [6, 6.07) is -0.754. The van der Waals surface area contributed by atoms with E-state index >= 15 is 0 Å². The summed E-state index contributed by atoms with van der Waals surface area (Å²) in [6.45, 7) is 4.93. The van der Waals surface area contributed by atoms with Crippen LogP contribution in [0.25, 0.3) is 0 Å². The molecule has 366 valence electrons. The minimum atomic E-state index is -4.31. The van der Waals surface area contributed by atoms with Crippen molar-refractivity contribution in [2.24, 2.45) is 0 Å². The van der Waals surface area contributed by atoms with Crippen molar-refractivity contribution in [2.75, 3.05) is 40.9 Å². The SMILES string of the molecule is CCCCCCCCCCCCCCCCCCCCCCCCCCC(O)C(COP(=O)(O)OCC[N+](C)(C)C)NC(=O)CCCCCCCCCCCCCCCCC. The number of hydrogen-bond donors (Lipinski definition) is 3. The Kier molecular flexibility index (Phi) is 44.3. The average molecular weight is 888 g/mol. The molecular weight excluding hydrogens is 780 g/mol. The predicted octanol–water partition coefficient (Wildman–Crippen LogP) is 15.7. The minimum absolute atomic E-state index is 0.0790. The maximum atomic E-state index is 12.9. The Labute approximate surface area is 380 Å². The molecule has 0 saturated carbocycles. The van der Waals surface area contributed by atoms with Gasteiger partial charge in [0.2, 0.25) is 5.91 Å². The molecule has 1 amide bonds. The summed E-state index contributed by atoms with van der Waals surface area (Å²) >= 11 is 0. The Morgan fingerprint density at radius 1 is 0.492 bits per heavy atom. The monoisotopic (exact) mass is 888 g/mol. The highest BCUT2D eigenvalue weighted by atomic mass is 31.2. The van der Waals surface area contributed by atoms with E-state index in [4.69, 9.17) is 9.05 Å². The molecule has 0 radical (unpaired) electrons. The third-order valence-corrected chi connectivity index (χ3v) is 13.6. The van der Waals surface area contributed by atoms with Crippen molar-refractivity contribution < 1.29 is 32.9 Å². The highest BCUT2D eigenvalue weighted by Crippen LogP contribution is 2.43. The zero-order valence-electron chi connectivity index (χ0n) is 41.7. The van der Waals surface area contributed by atoms with Crippen molar-refractivity contribution in [3.05, 3.63) is 0 Å². The molecule has 0 aromatic carbocycles. The van der Waals surface area contributed by atoms with Crippen LogP contribution in [-0.4, -0.2) is 73.4 Å². The van der Waals surface area contributed by atoms with Crippen molar-refractivity contribution in [1.82, 2.24) is 5.32 Å². The number of nitrogens with zero attached hydrogens (tertiary/aromatic N) is 1. The summed E-state index contributed by atoms with van der Waals surface area (Å²) in [5.41, 5.74) is 0. The molecule has 0 aromatic heterocycles. The Morgan fingerprint density at radius 3 is 1.10 bits per heavy atom. The van der Waals surface area contributed by atoms with Crippen molar-refractivity contribution in [1.29, 1.82) is 0 Å². The molecule has 0 fully saturated rings. The number of aliphatic hydroxyl groups is 1. The van der Waals surface area contributed by atoms with E-state index in [-0.39, 0.29) is 19.1 Å². The summed E-state index contributed by atoms with van der Waals surface area (Å²) in [5.74, 6) is -0.138. The number of carbonyl (C=O) groups is 1. The maximum Gasteiger partial charge on any atom is 0.472 e. The lowest BCUT2D eigenvalue weighted by Crippen LogP contribution is -2.46. The smallest absolute Gasteiger partial charge is 0.391 e. The van der Waals surface area contributed by atoms with E-state index in [0.717, 1.165) is 38.5 Å². The minimum Gasteiger partial charge on any atom is -0.391 e. The van der Waals surface area contributed by atoms with Gasteiger partial charge in [-0.25, -0.2) is 4.57 Å². The lowest BCUT2D eigenvalue weighted by atomic mass is 10.0. The van der Waals surface area contributed by atoms with Crippen LogP contribution in [0.15, 0.2) is 0 Å². The summed E-state index contributed by atoms with van der Waals surface area (Å²) in [5, 5.41) is 14.0. The van der Waals surface area contributed by atoms with Gasteiger partial charge in [0.05, 0.1) is 39.9 Å². The Balaban J connectivity index is 4.15. The van der Waals surface area contributed by atoms with Crippen LogP contribution in [0.5, 0.6) is 0 Å². The molecule has 8 nitrogen and oxygen atoms in total. The highest BCUT2D eigenvalue weighted by molar-refractivity contribution is 7.47. The zero-order valence-corrected chi connectivity index (χ0v) is 42.6. The number of carbonyl (C=O) groups excluding carboxylic acids is 1. The zero-order chi connectivity index (χ0) is 45.0. The second-order valence-corrected chi connectivity index (χ2v) is 21.4. The molecule has 0 aliphatic rings. The van der Waals surface area contributed by atoms with Gasteiger partial charge < -0.3 is 19.8 Å². The third-order valence-electron chi connectivity index (χ3n) is 12.6. The molecule has 3 N–H and O–H groups in total. The van der Waals surface area contributed by atoms with Crippen LogP contribution in [0, 0.1) is 0 Å². The Hall–Kier alpha value is -0.500. The number of hydrogen-bond acceptors (Lipinski definition) is 5. The van der Waals surface area contributed by atoms with E-state index in [1.807, 2.05) is 21.1 Å². The van der Waals surface area contributed by atoms with E-state index < -0.39 is 20.0 Å². The standard InChI is InChI=1S/C52H107N2O6P/c1-6-8-10-12-14-16-18-20-22-23-24-25-26-27-28-29-30-32-33-35-37-39-41-43-45-51(55)50(49-60-61(57,58)59-48-47-54(3,4)5)53-52(56)46-44-42-40-38-36-34-31-21-19-17-15-13-11-9-7-2/h50-51,55H,6-49H2,1-5H3,(H-,53,56,57,58)/p+1. The van der Waals surface area contributed by atoms with E-state index in [0.29, 0.717) is 23.9 Å². The topological polar surface area (TPSA) is 105 Å². The number of unbranched alkanes of at least 4 members (excludes halogenated alkanes) is 37. The molecule has 0 spiro atoms. The van der Waals surface area contributed by atoms with E-state index in [2.05, 4.69) is 19.2 Å². The first-order chi connectivity index (χ1) is 29.5. The van der Waals surface area contributed by atoms with Crippen LogP contribution in [0.4, 0.5) is 0 Å². The normalized spacial score (nSPS) is 14.0. The van der Waals surface area contributed by atoms with Crippen LogP contribution < -0.4 is 5.32 Å². The number of phosphoric acid groups is 1. The van der Waals surface area contributed by atoms with Crippen LogP contribution in [0.2, 0.25) is 0 Å². The number of likely N-dealkylation sites (N-methyl/N-ethyl adjacent to an activating group) is 1. The molecule has 0 aromatic rings. The molecule has 61 heavy (non-hydrogen) atoms. The van der Waals surface area contributed by atoms with Gasteiger partial charge in [-0.2, -0.15) is 0 Å². The lowest BCUT2D eigenvalue weighted by Gasteiger charge is -2.26. The van der Waals surface area contributed by atoms with Gasteiger partial charge in [-0.3, -0.25) is 13.8 Å². The number of amides is 1. The van der Waals surface area contributed by atoms with Crippen molar-refractivity contribution in [3.8, 4) is 0 Å². The fourth-order valence-electron chi connectivity index (χ4n) is 8.34. The van der Waals surface area contributed by atoms with E-state index in [9.17, 15) is 19.4 Å². The average Bonchev–Trinajstić information content (AvgIpc) is 3.21. The molecule has 0 saturated heterocycles. The van der Waals surface area contributed by atoms with Crippen molar-refractivity contribution >= 4 is 13.7 Å². The van der Waals surface area contributed by atoms with Gasteiger partial charge in [0, 0.05) is 6.42 Å². The van der Waals surface area contributed by atoms with Gasteiger partial charge in [-0.05, 0) is 12.8 Å². The highest BCUT2D eigenvalue weighted by Gasteiger charge is 2.28. The summed E-state index contributed by atoms with van der Waals surface area (Å²) in [4.78, 5) is 23.2. The quantitative estimate of drug-likeness (QED) is 0.0319. The van der Waals surface area contributed by atoms with Gasteiger partial charge in [0.15, 0.2) is 0 Å². The van der Waals surface area contributed by atoms with E-state index in [1.54, 1.807) is 0 Å². The molecular formula is C52H108N2O6P+. The summed E-state index contributed by atoms with van der Waals surface area (Å²) in [7, 11) is 1.63. The summed E-state index contributed by atoms with van der Waals surface area (Å²) in [6.07, 6.45) is 51.4. The molecule has 9 heteroatoms. The number of rotatable bonds is 50. The molecule has 3 atom stereocenters. The molecule has 0 aliphatic carbocycles. The van der Waals surface area contributed by atoms with Gasteiger partial charge in [-0.15, -0.1) is 0 Å². The molecule has 0 bridgehead atoms. The number of quaternary nitrogens is 1. The second kappa shape index (κ2) is 44.7. The van der Waals surface area contributed by atoms with Crippen molar-refractivity contribution in [3.63, 3.8) is 0 Å². The fourth-order valence-corrected chi connectivity index (χ4v) is 9.08. The first-order valence-electron chi connectivity index (χ1n) is 26.9. The fraction of sp³-hybridized carbons (Fsp3) is 0.981. The largest absolute Gasteiger partial charge is 0.472 e. The maximum absolute atomic E-state index is 12.9. The van der Waals surface area contributed by atoms with Gasteiger partial charge >= 0.3 is 7.82 Å². The van der Waals surface area contributed by atoms with Gasteiger partial charge in [0.1, 0.15) is 13.2 Å². The number of aliphatic hydroxyl groups excluding tert-OH is 1. The third kappa shape index (κ3) is 47.3. The lowest BCUT2D eigenvalue weighted by molar-refractivity contribution is -0.870. The van der Waals surface area contributed by atoms with Gasteiger partial charge in [0.25, 0.3) is 0 Å². The molecule has 0 heterocycles. The van der Waals surface area contributed by atoms with Crippen LogP contribution in [0.1, 0.15) is 277 Å². The second-order valence-electron chi connectivity index (χ2n) is 20.0. The number of phosphoric ester groups is 1. The first-order valence-corrected chi connectivity index (χ1v) is 28.4. The van der Waals surface area contributed by atoms with Crippen LogP contribution >= 0.6 is 7.82 Å². The first kappa shape index (κ1) is 60.5. The predicted molar refractivity (Wildman–Crippen MR) is 263 cm³/mol. The number of nitrogens with one attached hydrogen (secondary N) is 1. The Bertz CT molecular complexity index is 963. The Morgan fingerprint density at radius 2 is 0.787 bits per heavy atom. The van der Waals surface area contributed by atoms with Crippen molar-refractivity contribution in [2.45, 2.75) is 289 Å². The van der Waals surface area contributed by atoms with Gasteiger partial charge in [-0.1, -0.05) is 258 Å². The van der Waals surface area contributed by atoms with E-state index in [1.165, 1.54) is 212 Å². The van der Waals surface area contributed by atoms with Crippen LogP contribution in [-0.2, 0) is 18.4 Å².